The van der Waals surface area contributed by atoms with Gasteiger partial charge in [-0.2, -0.15) is 0 Å². The molecule has 1 aliphatic rings. The second-order valence-corrected chi connectivity index (χ2v) is 10.4. The summed E-state index contributed by atoms with van der Waals surface area (Å²) in [5.41, 5.74) is 2.99. The average molecular weight is 498 g/mol. The van der Waals surface area contributed by atoms with Crippen molar-refractivity contribution in [3.8, 4) is 5.75 Å². The normalized spacial score (nSPS) is 14.7. The van der Waals surface area contributed by atoms with E-state index in [1.54, 1.807) is 0 Å². The van der Waals surface area contributed by atoms with Crippen molar-refractivity contribution < 1.29 is 22.9 Å². The number of aromatic nitrogens is 1. The summed E-state index contributed by atoms with van der Waals surface area (Å²) in [6.07, 6.45) is 5.77. The van der Waals surface area contributed by atoms with E-state index in [1.165, 1.54) is 19.3 Å². The van der Waals surface area contributed by atoms with Crippen molar-refractivity contribution in [2.24, 2.45) is 0 Å². The molecule has 7 nitrogen and oxygen atoms in total. The van der Waals surface area contributed by atoms with Crippen molar-refractivity contribution in [1.29, 1.82) is 0 Å². The van der Waals surface area contributed by atoms with Crippen LogP contribution in [0.2, 0.25) is 0 Å². The lowest BCUT2D eigenvalue weighted by Crippen LogP contribution is -2.19. The highest BCUT2D eigenvalue weighted by molar-refractivity contribution is 7.48. The molecule has 1 saturated carbocycles. The molecule has 0 saturated heterocycles. The molecule has 35 heavy (non-hydrogen) atoms. The van der Waals surface area contributed by atoms with Gasteiger partial charge >= 0.3 is 7.82 Å². The molecular formula is C27H32NO6P. The van der Waals surface area contributed by atoms with Gasteiger partial charge < -0.3 is 9.72 Å². The van der Waals surface area contributed by atoms with Gasteiger partial charge in [0.25, 0.3) is 5.56 Å². The van der Waals surface area contributed by atoms with E-state index in [2.05, 4.69) is 4.98 Å². The Morgan fingerprint density at radius 3 is 1.97 bits per heavy atom. The number of phosphoric ester groups is 1. The molecule has 1 N–H and O–H groups in total. The van der Waals surface area contributed by atoms with E-state index in [0.29, 0.717) is 11.5 Å². The number of ether oxygens (including phenoxy) is 1. The molecule has 1 aliphatic carbocycles. The predicted molar refractivity (Wildman–Crippen MR) is 134 cm³/mol. The fraction of sp³-hybridized carbons (Fsp3) is 0.370. The van der Waals surface area contributed by atoms with Gasteiger partial charge in [0.15, 0.2) is 5.75 Å². The first kappa shape index (κ1) is 25.4. The van der Waals surface area contributed by atoms with Crippen LogP contribution < -0.4 is 10.3 Å². The minimum absolute atomic E-state index is 0.0442. The maximum Gasteiger partial charge on any atom is 0.478 e. The van der Waals surface area contributed by atoms with Crippen LogP contribution in [-0.4, -0.2) is 11.8 Å². The van der Waals surface area contributed by atoms with Gasteiger partial charge in [-0.3, -0.25) is 13.8 Å². The number of nitrogens with one attached hydrogen (secondary N) is 1. The van der Waals surface area contributed by atoms with Crippen molar-refractivity contribution in [1.82, 2.24) is 4.98 Å². The summed E-state index contributed by atoms with van der Waals surface area (Å²) in [6, 6.07) is 20.6. The fourth-order valence-corrected chi connectivity index (χ4v) is 5.25. The highest BCUT2D eigenvalue weighted by Crippen LogP contribution is 2.51. The number of pyridine rings is 1. The van der Waals surface area contributed by atoms with Crippen molar-refractivity contribution in [3.05, 3.63) is 99.5 Å². The largest absolute Gasteiger partial charge is 0.478 e. The Bertz CT molecular complexity index is 1130. The minimum Gasteiger partial charge on any atom is -0.461 e. The number of aryl methyl sites for hydroxylation is 1. The number of aromatic amines is 1. The molecule has 1 aromatic heterocycles. The Labute approximate surface area is 206 Å². The fourth-order valence-electron chi connectivity index (χ4n) is 4.23. The van der Waals surface area contributed by atoms with E-state index < -0.39 is 14.6 Å². The van der Waals surface area contributed by atoms with Gasteiger partial charge in [-0.1, -0.05) is 79.9 Å². The standard InChI is InChI=1S/C27H32NO6P/c1-21-17-25(24-15-9-4-10-16-24)28-27(29)26(21)31-20-34-35(30,32-18-22-11-5-2-6-12-22)33-19-23-13-7-3-8-14-23/h2-3,5-8,11-14,17,24H,4,9-10,15-16,18-20H2,1H3,(H,28,29). The zero-order chi connectivity index (χ0) is 24.5. The summed E-state index contributed by atoms with van der Waals surface area (Å²) < 4.78 is 35.6. The van der Waals surface area contributed by atoms with Crippen LogP contribution in [0.15, 0.2) is 71.5 Å². The van der Waals surface area contributed by atoms with Crippen molar-refractivity contribution in [2.75, 3.05) is 6.79 Å². The third-order valence-corrected chi connectivity index (χ3v) is 7.43. The number of rotatable bonds is 11. The van der Waals surface area contributed by atoms with Crippen LogP contribution in [0.1, 0.15) is 60.4 Å². The second-order valence-electron chi connectivity index (χ2n) is 8.76. The Balaban J connectivity index is 1.41. The molecule has 0 bridgehead atoms. The maximum absolute atomic E-state index is 13.3. The van der Waals surface area contributed by atoms with Crippen LogP contribution in [0, 0.1) is 6.92 Å². The van der Waals surface area contributed by atoms with Crippen LogP contribution in [0.4, 0.5) is 0 Å². The van der Waals surface area contributed by atoms with Gasteiger partial charge in [-0.15, -0.1) is 0 Å². The lowest BCUT2D eigenvalue weighted by atomic mass is 9.86. The van der Waals surface area contributed by atoms with Crippen molar-refractivity contribution in [2.45, 2.75) is 58.2 Å². The lowest BCUT2D eigenvalue weighted by Gasteiger charge is -2.22. The summed E-state index contributed by atoms with van der Waals surface area (Å²) in [5.74, 6) is 0.515. The first-order valence-electron chi connectivity index (χ1n) is 12.0. The molecule has 0 aliphatic heterocycles. The van der Waals surface area contributed by atoms with Crippen LogP contribution in [0.5, 0.6) is 5.75 Å². The van der Waals surface area contributed by atoms with E-state index in [1.807, 2.05) is 73.7 Å². The molecule has 1 fully saturated rings. The molecule has 2 aromatic carbocycles. The van der Waals surface area contributed by atoms with Gasteiger partial charge in [0.05, 0.1) is 13.2 Å². The highest BCUT2D eigenvalue weighted by atomic mass is 31.2. The molecule has 0 unspecified atom stereocenters. The summed E-state index contributed by atoms with van der Waals surface area (Å²) in [5, 5.41) is 0. The quantitative estimate of drug-likeness (QED) is 0.236. The zero-order valence-corrected chi connectivity index (χ0v) is 20.9. The maximum atomic E-state index is 13.3. The first-order chi connectivity index (χ1) is 17.0. The third-order valence-electron chi connectivity index (χ3n) is 6.12. The number of benzene rings is 2. The van der Waals surface area contributed by atoms with Crippen molar-refractivity contribution >= 4 is 7.82 Å². The van der Waals surface area contributed by atoms with Crippen LogP contribution in [-0.2, 0) is 31.4 Å². The average Bonchev–Trinajstić information content (AvgIpc) is 2.90. The summed E-state index contributed by atoms with van der Waals surface area (Å²) >= 11 is 0. The Morgan fingerprint density at radius 1 is 0.857 bits per heavy atom. The van der Waals surface area contributed by atoms with Gasteiger partial charge in [0.1, 0.15) is 0 Å². The molecule has 4 rings (SSSR count). The summed E-state index contributed by atoms with van der Waals surface area (Å²) in [6.45, 7) is 1.47. The van der Waals surface area contributed by atoms with E-state index >= 15 is 0 Å². The molecule has 1 heterocycles. The zero-order valence-electron chi connectivity index (χ0n) is 20.0. The van der Waals surface area contributed by atoms with Crippen molar-refractivity contribution in [3.63, 3.8) is 0 Å². The van der Waals surface area contributed by atoms with Gasteiger partial charge in [0, 0.05) is 5.69 Å². The first-order valence-corrected chi connectivity index (χ1v) is 13.5. The Morgan fingerprint density at radius 2 is 1.43 bits per heavy atom. The Kier molecular flexibility index (Phi) is 8.94. The molecule has 3 aromatic rings. The third kappa shape index (κ3) is 7.39. The molecular weight excluding hydrogens is 465 g/mol. The van der Waals surface area contributed by atoms with E-state index in [9.17, 15) is 9.36 Å². The molecule has 8 heteroatoms. The van der Waals surface area contributed by atoms with E-state index in [0.717, 1.165) is 29.7 Å². The summed E-state index contributed by atoms with van der Waals surface area (Å²) in [4.78, 5) is 15.7. The monoisotopic (exact) mass is 497 g/mol. The molecule has 0 radical (unpaired) electrons. The van der Waals surface area contributed by atoms with Crippen LogP contribution in [0.3, 0.4) is 0 Å². The number of H-pyrrole nitrogens is 1. The Hall–Kier alpha value is -2.70. The SMILES string of the molecule is Cc1cc(C2CCCCC2)[nH]c(=O)c1OCOP(=O)(OCc1ccccc1)OCc1ccccc1. The smallest absolute Gasteiger partial charge is 0.461 e. The molecule has 0 spiro atoms. The summed E-state index contributed by atoms with van der Waals surface area (Å²) in [7, 11) is -3.99. The number of hydrogen-bond donors (Lipinski definition) is 1. The van der Waals surface area contributed by atoms with Gasteiger partial charge in [-0.05, 0) is 48.4 Å². The van der Waals surface area contributed by atoms with E-state index in [4.69, 9.17) is 18.3 Å². The predicted octanol–water partition coefficient (Wildman–Crippen LogP) is 6.63. The number of hydrogen-bond acceptors (Lipinski definition) is 6. The molecule has 0 atom stereocenters. The topological polar surface area (TPSA) is 86.9 Å². The second kappa shape index (κ2) is 12.3. The van der Waals surface area contributed by atoms with Gasteiger partial charge in [0.2, 0.25) is 6.79 Å². The molecule has 186 valence electrons. The van der Waals surface area contributed by atoms with Crippen LogP contribution in [0.25, 0.3) is 0 Å². The lowest BCUT2D eigenvalue weighted by molar-refractivity contribution is 0.0433. The highest BCUT2D eigenvalue weighted by Gasteiger charge is 2.28. The van der Waals surface area contributed by atoms with Gasteiger partial charge in [-0.25, -0.2) is 9.09 Å². The van der Waals surface area contributed by atoms with Crippen LogP contribution >= 0.6 is 7.82 Å². The minimum atomic E-state index is -3.99. The number of phosphoric acid groups is 1. The molecule has 0 amide bonds. The van der Waals surface area contributed by atoms with E-state index in [-0.39, 0.29) is 24.5 Å².